The fourth-order valence-corrected chi connectivity index (χ4v) is 4.13. The van der Waals surface area contributed by atoms with E-state index in [2.05, 4.69) is 10.1 Å². The summed E-state index contributed by atoms with van der Waals surface area (Å²) in [5.74, 6) is 0. The van der Waals surface area contributed by atoms with E-state index in [1.165, 1.54) is 10.6 Å². The molecule has 10 heteroatoms. The Labute approximate surface area is 199 Å². The Kier molecular flexibility index (Phi) is 5.92. The van der Waals surface area contributed by atoms with Crippen LogP contribution >= 0.6 is 0 Å². The molecule has 3 heterocycles. The van der Waals surface area contributed by atoms with Crippen molar-refractivity contribution in [2.45, 2.75) is 31.8 Å². The molecule has 0 atom stereocenters. The first-order valence-corrected chi connectivity index (χ1v) is 11.2. The van der Waals surface area contributed by atoms with Gasteiger partial charge in [0.1, 0.15) is 5.69 Å². The van der Waals surface area contributed by atoms with Crippen LogP contribution in [0.25, 0.3) is 17.8 Å². The van der Waals surface area contributed by atoms with Crippen LogP contribution < -0.4 is 11.2 Å². The van der Waals surface area contributed by atoms with Gasteiger partial charge in [-0.1, -0.05) is 18.2 Å². The normalized spacial score (nSPS) is 13.7. The average molecular weight is 470 g/mol. The Bertz CT molecular complexity index is 1520. The Morgan fingerprint density at radius 1 is 1.06 bits per heavy atom. The third kappa shape index (κ3) is 4.33. The molecule has 10 nitrogen and oxygen atoms in total. The molecule has 1 aliphatic rings. The van der Waals surface area contributed by atoms with Crippen molar-refractivity contribution >= 4 is 17.8 Å². The standard InChI is InChI=1S/C25H22N6O4/c32-24-23(31(34)35)22(10-9-19-15-27-29(17-19)20-5-2-1-3-6-20)30(21-7-4-8-21)25(33)28(24)16-18-11-13-26-14-12-18/h1-3,5-6,9-15,17,21H,4,7-8,16H2/b10-9+. The van der Waals surface area contributed by atoms with E-state index in [1.807, 2.05) is 30.3 Å². The van der Waals surface area contributed by atoms with Gasteiger partial charge in [-0.2, -0.15) is 5.10 Å². The van der Waals surface area contributed by atoms with Crippen molar-refractivity contribution in [2.24, 2.45) is 0 Å². The molecule has 0 spiro atoms. The molecule has 3 aromatic heterocycles. The lowest BCUT2D eigenvalue weighted by molar-refractivity contribution is -0.387. The highest BCUT2D eigenvalue weighted by Gasteiger charge is 2.32. The summed E-state index contributed by atoms with van der Waals surface area (Å²) in [6.45, 7) is -0.0679. The number of aromatic nitrogens is 5. The molecule has 35 heavy (non-hydrogen) atoms. The second-order valence-electron chi connectivity index (χ2n) is 8.36. The lowest BCUT2D eigenvalue weighted by atomic mass is 9.92. The van der Waals surface area contributed by atoms with Crippen molar-refractivity contribution in [1.82, 2.24) is 23.9 Å². The Hall–Kier alpha value is -4.60. The summed E-state index contributed by atoms with van der Waals surface area (Å²) in [5, 5.41) is 16.4. The Morgan fingerprint density at radius 3 is 2.46 bits per heavy atom. The molecule has 176 valence electrons. The molecule has 0 aliphatic heterocycles. The van der Waals surface area contributed by atoms with E-state index in [4.69, 9.17) is 0 Å². The van der Waals surface area contributed by atoms with Crippen LogP contribution in [0.5, 0.6) is 0 Å². The fraction of sp³-hybridized carbons (Fsp3) is 0.200. The molecule has 5 rings (SSSR count). The number of hydrogen-bond donors (Lipinski definition) is 0. The monoisotopic (exact) mass is 470 g/mol. The number of hydrogen-bond acceptors (Lipinski definition) is 6. The molecule has 0 N–H and O–H groups in total. The molecule has 0 unspecified atom stereocenters. The van der Waals surface area contributed by atoms with Crippen molar-refractivity contribution in [1.29, 1.82) is 0 Å². The summed E-state index contributed by atoms with van der Waals surface area (Å²) in [7, 11) is 0. The highest BCUT2D eigenvalue weighted by molar-refractivity contribution is 5.71. The van der Waals surface area contributed by atoms with Crippen LogP contribution in [0.2, 0.25) is 0 Å². The number of rotatable bonds is 7. The highest BCUT2D eigenvalue weighted by Crippen LogP contribution is 2.33. The number of nitro groups is 1. The van der Waals surface area contributed by atoms with E-state index < -0.39 is 21.9 Å². The minimum Gasteiger partial charge on any atom is -0.284 e. The van der Waals surface area contributed by atoms with Crippen LogP contribution in [0.1, 0.15) is 42.1 Å². The molecule has 1 saturated carbocycles. The number of benzene rings is 1. The van der Waals surface area contributed by atoms with Crippen molar-refractivity contribution < 1.29 is 4.92 Å². The van der Waals surface area contributed by atoms with E-state index in [1.54, 1.807) is 47.7 Å². The molecule has 0 saturated heterocycles. The summed E-state index contributed by atoms with van der Waals surface area (Å²) in [4.78, 5) is 41.9. The van der Waals surface area contributed by atoms with Crippen LogP contribution in [0, 0.1) is 10.1 Å². The van der Waals surface area contributed by atoms with Gasteiger partial charge >= 0.3 is 16.9 Å². The van der Waals surface area contributed by atoms with Gasteiger partial charge in [-0.25, -0.2) is 14.0 Å². The van der Waals surface area contributed by atoms with Crippen molar-refractivity contribution in [2.75, 3.05) is 0 Å². The molecule has 0 amide bonds. The average Bonchev–Trinajstić information content (AvgIpc) is 3.31. The Morgan fingerprint density at radius 2 is 1.80 bits per heavy atom. The minimum absolute atomic E-state index is 0.00754. The zero-order valence-electron chi connectivity index (χ0n) is 18.7. The second kappa shape index (κ2) is 9.34. The lowest BCUT2D eigenvalue weighted by Gasteiger charge is -2.29. The van der Waals surface area contributed by atoms with E-state index >= 15 is 0 Å². The second-order valence-corrected chi connectivity index (χ2v) is 8.36. The maximum absolute atomic E-state index is 13.5. The molecule has 1 fully saturated rings. The van der Waals surface area contributed by atoms with Gasteiger partial charge in [-0.3, -0.25) is 24.5 Å². The van der Waals surface area contributed by atoms with Crippen LogP contribution in [-0.2, 0) is 6.54 Å². The summed E-state index contributed by atoms with van der Waals surface area (Å²) in [6.07, 6.45) is 12.0. The molecule has 4 aromatic rings. The number of nitrogens with zero attached hydrogens (tertiary/aromatic N) is 6. The van der Waals surface area contributed by atoms with Crippen molar-refractivity contribution in [3.8, 4) is 5.69 Å². The van der Waals surface area contributed by atoms with E-state index in [-0.39, 0.29) is 18.3 Å². The number of pyridine rings is 1. The third-order valence-electron chi connectivity index (χ3n) is 6.16. The van der Waals surface area contributed by atoms with Gasteiger partial charge in [-0.15, -0.1) is 0 Å². The zero-order chi connectivity index (χ0) is 24.4. The first-order chi connectivity index (χ1) is 17.0. The van der Waals surface area contributed by atoms with Gasteiger partial charge in [0.2, 0.25) is 0 Å². The van der Waals surface area contributed by atoms with Gasteiger partial charge in [0.15, 0.2) is 0 Å². The van der Waals surface area contributed by atoms with Crippen LogP contribution in [-0.4, -0.2) is 28.8 Å². The maximum Gasteiger partial charge on any atom is 0.357 e. The van der Waals surface area contributed by atoms with Crippen molar-refractivity contribution in [3.63, 3.8) is 0 Å². The predicted octanol–water partition coefficient (Wildman–Crippen LogP) is 3.44. The van der Waals surface area contributed by atoms with Crippen LogP contribution in [0.4, 0.5) is 5.69 Å². The van der Waals surface area contributed by atoms with E-state index in [0.29, 0.717) is 11.1 Å². The summed E-state index contributed by atoms with van der Waals surface area (Å²) >= 11 is 0. The zero-order valence-corrected chi connectivity index (χ0v) is 18.7. The summed E-state index contributed by atoms with van der Waals surface area (Å²) in [5.41, 5.74) is 0.115. The van der Waals surface area contributed by atoms with Crippen molar-refractivity contribution in [3.05, 3.63) is 115 Å². The van der Waals surface area contributed by atoms with E-state index in [9.17, 15) is 19.7 Å². The van der Waals surface area contributed by atoms with Crippen LogP contribution in [0.15, 0.2) is 76.8 Å². The smallest absolute Gasteiger partial charge is 0.284 e. The Balaban J connectivity index is 1.61. The maximum atomic E-state index is 13.5. The quantitative estimate of drug-likeness (QED) is 0.302. The largest absolute Gasteiger partial charge is 0.357 e. The molecule has 0 bridgehead atoms. The van der Waals surface area contributed by atoms with Gasteiger partial charge in [0.05, 0.1) is 23.4 Å². The fourth-order valence-electron chi connectivity index (χ4n) is 4.13. The first-order valence-electron chi connectivity index (χ1n) is 11.2. The molecule has 1 aliphatic carbocycles. The summed E-state index contributed by atoms with van der Waals surface area (Å²) in [6, 6.07) is 12.7. The topological polar surface area (TPSA) is 118 Å². The summed E-state index contributed by atoms with van der Waals surface area (Å²) < 4.78 is 4.03. The van der Waals surface area contributed by atoms with Gasteiger partial charge in [0.25, 0.3) is 0 Å². The van der Waals surface area contributed by atoms with Gasteiger partial charge in [0, 0.05) is 30.2 Å². The molecule has 0 radical (unpaired) electrons. The first kappa shape index (κ1) is 22.2. The van der Waals surface area contributed by atoms with Gasteiger partial charge in [-0.05, 0) is 61.2 Å². The van der Waals surface area contributed by atoms with E-state index in [0.717, 1.165) is 29.5 Å². The molecular weight excluding hydrogens is 448 g/mol. The lowest BCUT2D eigenvalue weighted by Crippen LogP contribution is -2.44. The predicted molar refractivity (Wildman–Crippen MR) is 130 cm³/mol. The molecule has 1 aromatic carbocycles. The highest BCUT2D eigenvalue weighted by atomic mass is 16.6. The van der Waals surface area contributed by atoms with Crippen LogP contribution in [0.3, 0.4) is 0 Å². The minimum atomic E-state index is -0.924. The molecular formula is C25H22N6O4. The SMILES string of the molecule is O=c1c([N+](=O)[O-])c(/C=C/c2cnn(-c3ccccc3)c2)n(C2CCC2)c(=O)n1Cc1ccncc1. The van der Waals surface area contributed by atoms with Gasteiger partial charge < -0.3 is 0 Å². The number of para-hydroxylation sites is 1. The third-order valence-corrected chi connectivity index (χ3v) is 6.16.